The minimum atomic E-state index is 0.720. The van der Waals surface area contributed by atoms with Crippen LogP contribution in [0.15, 0.2) is 10.9 Å². The molecule has 2 fully saturated rings. The van der Waals surface area contributed by atoms with E-state index in [1.807, 2.05) is 5.51 Å². The van der Waals surface area contributed by atoms with Crippen LogP contribution < -0.4 is 10.6 Å². The first-order chi connectivity index (χ1) is 8.43. The van der Waals surface area contributed by atoms with Crippen LogP contribution in [0.2, 0.25) is 0 Å². The van der Waals surface area contributed by atoms with Gasteiger partial charge in [0, 0.05) is 30.9 Å². The second-order valence-corrected chi connectivity index (χ2v) is 6.02. The van der Waals surface area contributed by atoms with Crippen molar-refractivity contribution in [3.63, 3.8) is 0 Å². The fourth-order valence-electron chi connectivity index (χ4n) is 3.36. The Kier molecular flexibility index (Phi) is 3.74. The molecule has 4 heteroatoms. The summed E-state index contributed by atoms with van der Waals surface area (Å²) in [6, 6.07) is 0.720. The third kappa shape index (κ3) is 2.69. The molecule has 0 aromatic carbocycles. The first-order valence-corrected chi connectivity index (χ1v) is 7.69. The fourth-order valence-corrected chi connectivity index (χ4v) is 3.95. The Morgan fingerprint density at radius 2 is 2.47 bits per heavy atom. The van der Waals surface area contributed by atoms with Gasteiger partial charge in [-0.15, -0.1) is 11.3 Å². The van der Waals surface area contributed by atoms with Crippen molar-refractivity contribution in [2.45, 2.75) is 31.7 Å². The second-order valence-electron chi connectivity index (χ2n) is 5.30. The molecule has 94 valence electrons. The first kappa shape index (κ1) is 11.6. The summed E-state index contributed by atoms with van der Waals surface area (Å²) in [6.07, 6.45) is 5.40. The summed E-state index contributed by atoms with van der Waals surface area (Å²) >= 11 is 1.68. The molecule has 1 aromatic heterocycles. The van der Waals surface area contributed by atoms with Gasteiger partial charge in [0.2, 0.25) is 0 Å². The normalized spacial score (nSPS) is 31.9. The minimum absolute atomic E-state index is 0.720. The molecule has 3 unspecified atom stereocenters. The van der Waals surface area contributed by atoms with Gasteiger partial charge < -0.3 is 10.6 Å². The molecule has 2 heterocycles. The number of fused-ring (bicyclic) bond motifs is 1. The van der Waals surface area contributed by atoms with Crippen LogP contribution in [0, 0.1) is 11.8 Å². The van der Waals surface area contributed by atoms with Gasteiger partial charge in [-0.1, -0.05) is 6.42 Å². The maximum absolute atomic E-state index is 4.30. The smallest absolute Gasteiger partial charge is 0.0794 e. The Morgan fingerprint density at radius 1 is 1.47 bits per heavy atom. The molecule has 17 heavy (non-hydrogen) atoms. The maximum atomic E-state index is 4.30. The second kappa shape index (κ2) is 5.46. The summed E-state index contributed by atoms with van der Waals surface area (Å²) in [7, 11) is 0. The van der Waals surface area contributed by atoms with Crippen LogP contribution in [-0.2, 0) is 6.42 Å². The van der Waals surface area contributed by atoms with Gasteiger partial charge in [0.25, 0.3) is 0 Å². The van der Waals surface area contributed by atoms with Crippen LogP contribution in [0.5, 0.6) is 0 Å². The third-order valence-corrected chi connectivity index (χ3v) is 4.92. The van der Waals surface area contributed by atoms with E-state index in [1.54, 1.807) is 11.3 Å². The molecule has 0 spiro atoms. The van der Waals surface area contributed by atoms with E-state index < -0.39 is 0 Å². The zero-order valence-corrected chi connectivity index (χ0v) is 11.0. The standard InChI is InChI=1S/C13H21N3S/c1-2-10-6-15-13(12(10)3-1)7-14-5-4-11-8-17-9-16-11/h8-10,12-15H,1-7H2. The number of rotatable bonds is 5. The molecule has 1 aromatic rings. The molecule has 1 saturated heterocycles. The molecule has 2 N–H and O–H groups in total. The van der Waals surface area contributed by atoms with E-state index in [0.717, 1.165) is 37.4 Å². The number of thiazole rings is 1. The van der Waals surface area contributed by atoms with Crippen molar-refractivity contribution in [2.75, 3.05) is 19.6 Å². The lowest BCUT2D eigenvalue weighted by atomic mass is 9.94. The van der Waals surface area contributed by atoms with E-state index in [9.17, 15) is 0 Å². The highest BCUT2D eigenvalue weighted by Crippen LogP contribution is 2.37. The van der Waals surface area contributed by atoms with Crippen LogP contribution in [0.1, 0.15) is 25.0 Å². The predicted octanol–water partition coefficient (Wildman–Crippen LogP) is 1.66. The molecule has 3 nitrogen and oxygen atoms in total. The number of nitrogens with zero attached hydrogens (tertiary/aromatic N) is 1. The molecule has 1 aliphatic heterocycles. The SMILES string of the molecule is c1nc(CCNCC2NCC3CCCC32)cs1. The zero-order chi connectivity index (χ0) is 11.5. The fraction of sp³-hybridized carbons (Fsp3) is 0.769. The van der Waals surface area contributed by atoms with Crippen LogP contribution in [-0.4, -0.2) is 30.7 Å². The molecule has 0 bridgehead atoms. The molecule has 3 atom stereocenters. The Morgan fingerprint density at radius 3 is 3.35 bits per heavy atom. The maximum Gasteiger partial charge on any atom is 0.0794 e. The lowest BCUT2D eigenvalue weighted by molar-refractivity contribution is 0.394. The van der Waals surface area contributed by atoms with Crippen molar-refractivity contribution in [1.82, 2.24) is 15.6 Å². The Labute approximate surface area is 107 Å². The van der Waals surface area contributed by atoms with E-state index in [0.29, 0.717) is 0 Å². The van der Waals surface area contributed by atoms with Gasteiger partial charge in [0.05, 0.1) is 11.2 Å². The number of nitrogens with one attached hydrogen (secondary N) is 2. The van der Waals surface area contributed by atoms with Gasteiger partial charge >= 0.3 is 0 Å². The highest BCUT2D eigenvalue weighted by Gasteiger charge is 2.38. The average molecular weight is 251 g/mol. The highest BCUT2D eigenvalue weighted by atomic mass is 32.1. The van der Waals surface area contributed by atoms with Crippen molar-refractivity contribution in [2.24, 2.45) is 11.8 Å². The van der Waals surface area contributed by atoms with Crippen molar-refractivity contribution < 1.29 is 0 Å². The van der Waals surface area contributed by atoms with Crippen LogP contribution in [0.4, 0.5) is 0 Å². The topological polar surface area (TPSA) is 37.0 Å². The minimum Gasteiger partial charge on any atom is -0.315 e. The Bertz CT molecular complexity index is 338. The number of hydrogen-bond acceptors (Lipinski definition) is 4. The van der Waals surface area contributed by atoms with Crippen LogP contribution >= 0.6 is 11.3 Å². The molecule has 1 aliphatic carbocycles. The highest BCUT2D eigenvalue weighted by molar-refractivity contribution is 7.07. The monoisotopic (exact) mass is 251 g/mol. The van der Waals surface area contributed by atoms with Gasteiger partial charge in [-0.3, -0.25) is 0 Å². The molecule has 2 aliphatic rings. The summed E-state index contributed by atoms with van der Waals surface area (Å²) in [5.41, 5.74) is 3.14. The molecular weight excluding hydrogens is 230 g/mol. The molecular formula is C13H21N3S. The summed E-state index contributed by atoms with van der Waals surface area (Å²) in [4.78, 5) is 4.30. The third-order valence-electron chi connectivity index (χ3n) is 4.28. The van der Waals surface area contributed by atoms with Gasteiger partial charge in [0.1, 0.15) is 0 Å². The largest absolute Gasteiger partial charge is 0.315 e. The summed E-state index contributed by atoms with van der Waals surface area (Å²) < 4.78 is 0. The van der Waals surface area contributed by atoms with Crippen LogP contribution in [0.3, 0.4) is 0 Å². The van der Waals surface area contributed by atoms with Crippen LogP contribution in [0.25, 0.3) is 0 Å². The van der Waals surface area contributed by atoms with Crippen molar-refractivity contribution >= 4 is 11.3 Å². The summed E-state index contributed by atoms with van der Waals surface area (Å²) in [6.45, 7) is 3.44. The Hall–Kier alpha value is -0.450. The van der Waals surface area contributed by atoms with Gasteiger partial charge in [0.15, 0.2) is 0 Å². The van der Waals surface area contributed by atoms with Crippen molar-refractivity contribution in [1.29, 1.82) is 0 Å². The van der Waals surface area contributed by atoms with E-state index in [2.05, 4.69) is 21.0 Å². The van der Waals surface area contributed by atoms with Gasteiger partial charge in [-0.2, -0.15) is 0 Å². The summed E-state index contributed by atoms with van der Waals surface area (Å²) in [5, 5.41) is 9.40. The van der Waals surface area contributed by atoms with E-state index >= 15 is 0 Å². The zero-order valence-electron chi connectivity index (χ0n) is 10.2. The van der Waals surface area contributed by atoms with E-state index in [1.165, 1.54) is 31.5 Å². The lowest BCUT2D eigenvalue weighted by Crippen LogP contribution is -2.38. The molecule has 0 radical (unpaired) electrons. The van der Waals surface area contributed by atoms with Crippen molar-refractivity contribution in [3.8, 4) is 0 Å². The van der Waals surface area contributed by atoms with Gasteiger partial charge in [-0.25, -0.2) is 4.98 Å². The average Bonchev–Trinajstić information content (AvgIpc) is 3.03. The molecule has 3 rings (SSSR count). The van der Waals surface area contributed by atoms with Gasteiger partial charge in [-0.05, 0) is 31.2 Å². The number of aromatic nitrogens is 1. The quantitative estimate of drug-likeness (QED) is 0.782. The number of hydrogen-bond donors (Lipinski definition) is 2. The first-order valence-electron chi connectivity index (χ1n) is 6.74. The lowest BCUT2D eigenvalue weighted by Gasteiger charge is -2.18. The molecule has 0 amide bonds. The molecule has 1 saturated carbocycles. The summed E-state index contributed by atoms with van der Waals surface area (Å²) in [5.74, 6) is 1.92. The van der Waals surface area contributed by atoms with E-state index in [4.69, 9.17) is 0 Å². The van der Waals surface area contributed by atoms with E-state index in [-0.39, 0.29) is 0 Å². The Balaban J connectivity index is 1.37. The van der Waals surface area contributed by atoms with Crippen molar-refractivity contribution in [3.05, 3.63) is 16.6 Å². The predicted molar refractivity (Wildman–Crippen MR) is 71.3 cm³/mol.